The van der Waals surface area contributed by atoms with E-state index in [1.807, 2.05) is 43.5 Å². The summed E-state index contributed by atoms with van der Waals surface area (Å²) < 4.78 is 7.67. The normalized spacial score (nSPS) is 10.6. The lowest BCUT2D eigenvalue weighted by molar-refractivity contribution is -0.119. The number of anilines is 1. The Labute approximate surface area is 152 Å². The molecule has 24 heavy (non-hydrogen) atoms. The van der Waals surface area contributed by atoms with Crippen molar-refractivity contribution in [2.45, 2.75) is 6.92 Å². The largest absolute Gasteiger partial charge is 0.451 e. The number of esters is 1. The van der Waals surface area contributed by atoms with Crippen molar-refractivity contribution in [2.75, 3.05) is 11.9 Å². The van der Waals surface area contributed by atoms with E-state index in [0.717, 1.165) is 9.13 Å². The van der Waals surface area contributed by atoms with Crippen molar-refractivity contribution < 1.29 is 14.3 Å². The van der Waals surface area contributed by atoms with Gasteiger partial charge >= 0.3 is 5.97 Å². The van der Waals surface area contributed by atoms with Crippen LogP contribution >= 0.6 is 22.6 Å². The van der Waals surface area contributed by atoms with Crippen molar-refractivity contribution in [1.29, 1.82) is 0 Å². The smallest absolute Gasteiger partial charge is 0.359 e. The first-order chi connectivity index (χ1) is 11.5. The Hall–Kier alpha value is -2.42. The van der Waals surface area contributed by atoms with Gasteiger partial charge in [0.15, 0.2) is 12.3 Å². The zero-order valence-electron chi connectivity index (χ0n) is 12.8. The van der Waals surface area contributed by atoms with Crippen molar-refractivity contribution in [3.8, 4) is 0 Å². The SMILES string of the molecule is Cc1ccn2cc(C(=O)OCC(=O)Nc3ccccc3I)nc2c1. The molecule has 3 rings (SSSR count). The van der Waals surface area contributed by atoms with E-state index < -0.39 is 11.9 Å². The molecule has 2 aromatic heterocycles. The molecular weight excluding hydrogens is 421 g/mol. The van der Waals surface area contributed by atoms with E-state index in [1.54, 1.807) is 16.7 Å². The zero-order chi connectivity index (χ0) is 17.1. The minimum atomic E-state index is -0.630. The van der Waals surface area contributed by atoms with Crippen LogP contribution in [0.1, 0.15) is 16.1 Å². The molecule has 0 radical (unpaired) electrons. The summed E-state index contributed by atoms with van der Waals surface area (Å²) in [6.07, 6.45) is 3.40. The number of carbonyl (C=O) groups is 2. The maximum Gasteiger partial charge on any atom is 0.359 e. The molecule has 0 spiro atoms. The molecule has 1 amide bonds. The lowest BCUT2D eigenvalue weighted by Crippen LogP contribution is -2.21. The quantitative estimate of drug-likeness (QED) is 0.505. The molecule has 0 aliphatic rings. The lowest BCUT2D eigenvalue weighted by Gasteiger charge is -2.07. The molecule has 0 unspecified atom stereocenters. The Balaban J connectivity index is 1.62. The Bertz CT molecular complexity index is 920. The molecule has 0 atom stereocenters. The van der Waals surface area contributed by atoms with E-state index in [1.165, 1.54) is 0 Å². The van der Waals surface area contributed by atoms with Gasteiger partial charge in [-0.1, -0.05) is 12.1 Å². The highest BCUT2D eigenvalue weighted by molar-refractivity contribution is 14.1. The molecule has 0 bridgehead atoms. The van der Waals surface area contributed by atoms with Crippen LogP contribution in [0, 0.1) is 10.5 Å². The number of rotatable bonds is 4. The van der Waals surface area contributed by atoms with Gasteiger partial charge in [-0.2, -0.15) is 0 Å². The summed E-state index contributed by atoms with van der Waals surface area (Å²) >= 11 is 2.12. The highest BCUT2D eigenvalue weighted by Crippen LogP contribution is 2.16. The van der Waals surface area contributed by atoms with Crippen LogP contribution in [0.25, 0.3) is 5.65 Å². The molecule has 6 nitrogen and oxygen atoms in total. The fraction of sp³-hybridized carbons (Fsp3) is 0.118. The van der Waals surface area contributed by atoms with E-state index in [4.69, 9.17) is 4.74 Å². The van der Waals surface area contributed by atoms with Crippen LogP contribution in [0.3, 0.4) is 0 Å². The van der Waals surface area contributed by atoms with Gasteiger partial charge in [-0.3, -0.25) is 4.79 Å². The number of nitrogens with zero attached hydrogens (tertiary/aromatic N) is 2. The summed E-state index contributed by atoms with van der Waals surface area (Å²) in [5.41, 5.74) is 2.56. The highest BCUT2D eigenvalue weighted by Gasteiger charge is 2.14. The number of pyridine rings is 1. The number of imidazole rings is 1. The molecule has 1 N–H and O–H groups in total. The molecular formula is C17H14IN3O3. The number of carbonyl (C=O) groups excluding carboxylic acids is 2. The zero-order valence-corrected chi connectivity index (χ0v) is 15.0. The maximum absolute atomic E-state index is 12.0. The van der Waals surface area contributed by atoms with Gasteiger partial charge in [0.1, 0.15) is 5.65 Å². The second-order valence-corrected chi connectivity index (χ2v) is 6.36. The molecule has 3 aromatic rings. The van der Waals surface area contributed by atoms with Crippen LogP contribution in [0.15, 0.2) is 48.8 Å². The molecule has 0 aliphatic heterocycles. The Morgan fingerprint density at radius 1 is 1.29 bits per heavy atom. The first kappa shape index (κ1) is 16.4. The van der Waals surface area contributed by atoms with Crippen LogP contribution in [-0.2, 0) is 9.53 Å². The van der Waals surface area contributed by atoms with Crippen LogP contribution in [-0.4, -0.2) is 27.9 Å². The van der Waals surface area contributed by atoms with E-state index >= 15 is 0 Å². The molecule has 0 aliphatic carbocycles. The van der Waals surface area contributed by atoms with Crippen molar-refractivity contribution >= 4 is 45.8 Å². The van der Waals surface area contributed by atoms with Crippen LogP contribution in [0.2, 0.25) is 0 Å². The van der Waals surface area contributed by atoms with E-state index in [2.05, 4.69) is 32.9 Å². The molecule has 0 fully saturated rings. The highest BCUT2D eigenvalue weighted by atomic mass is 127. The predicted molar refractivity (Wildman–Crippen MR) is 98.0 cm³/mol. The van der Waals surface area contributed by atoms with E-state index in [-0.39, 0.29) is 12.3 Å². The average molecular weight is 435 g/mol. The number of halogens is 1. The Morgan fingerprint density at radius 2 is 2.08 bits per heavy atom. The third-order valence-corrected chi connectivity index (χ3v) is 4.25. The fourth-order valence-corrected chi connectivity index (χ4v) is 2.66. The van der Waals surface area contributed by atoms with Gasteiger partial charge in [0.05, 0.1) is 5.69 Å². The van der Waals surface area contributed by atoms with Gasteiger partial charge < -0.3 is 14.5 Å². The van der Waals surface area contributed by atoms with Gasteiger partial charge in [0.25, 0.3) is 5.91 Å². The standard InChI is InChI=1S/C17H14IN3O3/c1-11-6-7-21-9-14(19-15(21)8-11)17(23)24-10-16(22)20-13-5-3-2-4-12(13)18/h2-9H,10H2,1H3,(H,20,22). The number of para-hydroxylation sites is 1. The second kappa shape index (κ2) is 7.00. The van der Waals surface area contributed by atoms with Gasteiger partial charge in [-0.25, -0.2) is 9.78 Å². The number of hydrogen-bond donors (Lipinski definition) is 1. The second-order valence-electron chi connectivity index (χ2n) is 5.20. The summed E-state index contributed by atoms with van der Waals surface area (Å²) in [7, 11) is 0. The third kappa shape index (κ3) is 3.73. The lowest BCUT2D eigenvalue weighted by atomic mass is 10.3. The van der Waals surface area contributed by atoms with Crippen molar-refractivity contribution in [3.63, 3.8) is 0 Å². The topological polar surface area (TPSA) is 72.7 Å². The molecule has 122 valence electrons. The third-order valence-electron chi connectivity index (χ3n) is 3.31. The van der Waals surface area contributed by atoms with Gasteiger partial charge in [0.2, 0.25) is 0 Å². The number of aromatic nitrogens is 2. The average Bonchev–Trinajstić information content (AvgIpc) is 2.98. The molecule has 1 aromatic carbocycles. The summed E-state index contributed by atoms with van der Waals surface area (Å²) in [5.74, 6) is -1.03. The number of aryl methyl sites for hydroxylation is 1. The summed E-state index contributed by atoms with van der Waals surface area (Å²) in [4.78, 5) is 28.1. The first-order valence-electron chi connectivity index (χ1n) is 7.20. The number of nitrogens with one attached hydrogen (secondary N) is 1. The molecule has 2 heterocycles. The van der Waals surface area contributed by atoms with Gasteiger partial charge in [-0.05, 0) is 59.3 Å². The monoisotopic (exact) mass is 435 g/mol. The van der Waals surface area contributed by atoms with Crippen LogP contribution in [0.5, 0.6) is 0 Å². The number of hydrogen-bond acceptors (Lipinski definition) is 4. The Morgan fingerprint density at radius 3 is 2.88 bits per heavy atom. The number of fused-ring (bicyclic) bond motifs is 1. The van der Waals surface area contributed by atoms with Crippen molar-refractivity contribution in [2.24, 2.45) is 0 Å². The molecule has 0 saturated heterocycles. The van der Waals surface area contributed by atoms with Crippen LogP contribution < -0.4 is 5.32 Å². The summed E-state index contributed by atoms with van der Waals surface area (Å²) in [5, 5.41) is 2.70. The van der Waals surface area contributed by atoms with E-state index in [9.17, 15) is 9.59 Å². The van der Waals surface area contributed by atoms with Crippen LogP contribution in [0.4, 0.5) is 5.69 Å². The summed E-state index contributed by atoms with van der Waals surface area (Å²) in [6, 6.07) is 11.1. The number of ether oxygens (including phenoxy) is 1. The van der Waals surface area contributed by atoms with Gasteiger partial charge in [0, 0.05) is 16.0 Å². The minimum Gasteiger partial charge on any atom is -0.451 e. The van der Waals surface area contributed by atoms with Gasteiger partial charge in [-0.15, -0.1) is 0 Å². The van der Waals surface area contributed by atoms with Crippen molar-refractivity contribution in [1.82, 2.24) is 9.38 Å². The van der Waals surface area contributed by atoms with Crippen molar-refractivity contribution in [3.05, 3.63) is 63.6 Å². The van der Waals surface area contributed by atoms with E-state index in [0.29, 0.717) is 11.3 Å². The Kier molecular flexibility index (Phi) is 4.79. The number of amides is 1. The maximum atomic E-state index is 12.0. The number of benzene rings is 1. The fourth-order valence-electron chi connectivity index (χ4n) is 2.14. The molecule has 0 saturated carbocycles. The summed E-state index contributed by atoms with van der Waals surface area (Å²) in [6.45, 7) is 1.58. The minimum absolute atomic E-state index is 0.169. The predicted octanol–water partition coefficient (Wildman–Crippen LogP) is 3.04. The molecule has 7 heteroatoms. The first-order valence-corrected chi connectivity index (χ1v) is 8.27.